The molecule has 0 radical (unpaired) electrons. The first kappa shape index (κ1) is 17.1. The summed E-state index contributed by atoms with van der Waals surface area (Å²) in [6.45, 7) is 2.25. The smallest absolute Gasteiger partial charge is 0.178 e. The molecule has 0 fully saturated rings. The van der Waals surface area contributed by atoms with Gasteiger partial charge in [0.15, 0.2) is 13.9 Å². The molecular formula is C23H17NO2SSi. The van der Waals surface area contributed by atoms with E-state index in [2.05, 4.69) is 18.7 Å². The fourth-order valence-corrected chi connectivity index (χ4v) is 9.30. The fraction of sp³-hybridized carbons (Fsp3) is 0.0435. The third kappa shape index (κ3) is 2.40. The topological polar surface area (TPSA) is 49.7 Å². The highest BCUT2D eigenvalue weighted by Gasteiger charge is 2.45. The van der Waals surface area contributed by atoms with Crippen LogP contribution in [0.2, 0.25) is 6.55 Å². The number of carbonyl (C=O) groups excluding carboxylic acids is 1. The van der Waals surface area contributed by atoms with E-state index in [1.807, 2.05) is 47.9 Å². The molecule has 1 atom stereocenters. The van der Waals surface area contributed by atoms with E-state index in [0.29, 0.717) is 0 Å². The summed E-state index contributed by atoms with van der Waals surface area (Å²) >= 11 is 1.60. The number of aromatic hydroxyl groups is 1. The van der Waals surface area contributed by atoms with Gasteiger partial charge in [0.25, 0.3) is 0 Å². The van der Waals surface area contributed by atoms with Gasteiger partial charge >= 0.3 is 0 Å². The number of phenols is 1. The van der Waals surface area contributed by atoms with E-state index in [1.165, 1.54) is 5.19 Å². The first-order valence-electron chi connectivity index (χ1n) is 9.08. The van der Waals surface area contributed by atoms with Crippen LogP contribution in [-0.4, -0.2) is 24.7 Å². The predicted octanol–water partition coefficient (Wildman–Crippen LogP) is 4.00. The Bertz CT molecular complexity index is 1190. The Kier molecular flexibility index (Phi) is 3.82. The Balaban J connectivity index is 1.93. The van der Waals surface area contributed by atoms with Crippen molar-refractivity contribution in [1.82, 2.24) is 0 Å². The molecule has 0 spiro atoms. The third-order valence-electron chi connectivity index (χ3n) is 5.53. The molecule has 0 amide bonds. The number of fused-ring (bicyclic) bond motifs is 2. The Morgan fingerprint density at radius 3 is 2.57 bits per heavy atom. The highest BCUT2D eigenvalue weighted by molar-refractivity contribution is 7.15. The standard InChI is InChI=1S/C23H17NO2SSi/c1-28(16-6-3-2-4-7-16)21-14-15(25)9-10-17(21)24-18-11-12-19(26)22(23(18)28)20-8-5-13-27-20/h2-14,26H,1H3. The van der Waals surface area contributed by atoms with Gasteiger partial charge < -0.3 is 5.11 Å². The Morgan fingerprint density at radius 1 is 1.00 bits per heavy atom. The van der Waals surface area contributed by atoms with Crippen LogP contribution in [0.25, 0.3) is 10.4 Å². The average molecular weight is 400 g/mol. The number of hydrogen-bond donors (Lipinski definition) is 1. The lowest BCUT2D eigenvalue weighted by atomic mass is 10.1. The number of benzene rings is 2. The van der Waals surface area contributed by atoms with E-state index in [0.717, 1.165) is 32.2 Å². The van der Waals surface area contributed by atoms with Gasteiger partial charge in [-0.3, -0.25) is 4.79 Å². The van der Waals surface area contributed by atoms with Crippen LogP contribution in [0, 0.1) is 0 Å². The van der Waals surface area contributed by atoms with Crippen molar-refractivity contribution >= 4 is 47.0 Å². The maximum absolute atomic E-state index is 12.3. The van der Waals surface area contributed by atoms with Crippen LogP contribution < -0.4 is 10.4 Å². The Morgan fingerprint density at radius 2 is 1.82 bits per heavy atom. The number of allylic oxidation sites excluding steroid dienone is 4. The molecule has 0 saturated heterocycles. The summed E-state index contributed by atoms with van der Waals surface area (Å²) in [5, 5.41) is 16.1. The number of phenolic OH excluding ortho intramolecular Hbond substituents is 1. The van der Waals surface area contributed by atoms with Crippen LogP contribution in [0.5, 0.6) is 5.75 Å². The Hall–Kier alpha value is -3.02. The normalized spacial score (nSPS) is 20.2. The SMILES string of the molecule is C[Si]1(c2ccccc2)C2=CC(=O)C=CC2=Nc2ccc(O)c(-c3cccs3)c21. The van der Waals surface area contributed by atoms with E-state index in [1.54, 1.807) is 29.6 Å². The van der Waals surface area contributed by atoms with Crippen LogP contribution in [-0.2, 0) is 4.79 Å². The molecular weight excluding hydrogens is 382 g/mol. The number of rotatable bonds is 2. The van der Waals surface area contributed by atoms with Crippen LogP contribution in [0.4, 0.5) is 5.69 Å². The van der Waals surface area contributed by atoms with Gasteiger partial charge in [-0.05, 0) is 57.4 Å². The number of thiophene rings is 1. The zero-order valence-electron chi connectivity index (χ0n) is 15.2. The van der Waals surface area contributed by atoms with Crippen molar-refractivity contribution in [3.63, 3.8) is 0 Å². The molecule has 1 unspecified atom stereocenters. The molecule has 1 aliphatic heterocycles. The van der Waals surface area contributed by atoms with Crippen molar-refractivity contribution in [2.45, 2.75) is 6.55 Å². The fourth-order valence-electron chi connectivity index (χ4n) is 4.20. The Labute approximate surface area is 168 Å². The van der Waals surface area contributed by atoms with Gasteiger partial charge in [0.1, 0.15) is 5.75 Å². The van der Waals surface area contributed by atoms with Crippen molar-refractivity contribution in [3.05, 3.63) is 83.4 Å². The third-order valence-corrected chi connectivity index (χ3v) is 10.9. The molecule has 2 aromatic carbocycles. The molecule has 3 aromatic rings. The van der Waals surface area contributed by atoms with E-state index >= 15 is 0 Å². The molecule has 28 heavy (non-hydrogen) atoms. The van der Waals surface area contributed by atoms with Gasteiger partial charge in [0.05, 0.1) is 11.4 Å². The molecule has 2 heterocycles. The highest BCUT2D eigenvalue weighted by Crippen LogP contribution is 2.40. The minimum Gasteiger partial charge on any atom is -0.507 e. The molecule has 5 heteroatoms. The largest absolute Gasteiger partial charge is 0.507 e. The molecule has 0 saturated carbocycles. The van der Waals surface area contributed by atoms with Gasteiger partial charge in [-0.25, -0.2) is 4.99 Å². The summed E-state index contributed by atoms with van der Waals surface area (Å²) in [4.78, 5) is 18.2. The van der Waals surface area contributed by atoms with E-state index < -0.39 is 8.07 Å². The van der Waals surface area contributed by atoms with Gasteiger partial charge in [0.2, 0.25) is 0 Å². The predicted molar refractivity (Wildman–Crippen MR) is 118 cm³/mol. The first-order valence-corrected chi connectivity index (χ1v) is 12.5. The zero-order valence-corrected chi connectivity index (χ0v) is 17.0. The zero-order chi connectivity index (χ0) is 19.3. The van der Waals surface area contributed by atoms with Crippen molar-refractivity contribution in [1.29, 1.82) is 0 Å². The first-order chi connectivity index (χ1) is 13.6. The second-order valence-corrected chi connectivity index (χ2v) is 11.9. The van der Waals surface area contributed by atoms with Gasteiger partial charge in [-0.2, -0.15) is 0 Å². The maximum atomic E-state index is 12.3. The molecule has 0 bridgehead atoms. The second kappa shape index (κ2) is 6.26. The molecule has 1 aliphatic carbocycles. The van der Waals surface area contributed by atoms with Crippen LogP contribution in [0.1, 0.15) is 0 Å². The van der Waals surface area contributed by atoms with E-state index in [-0.39, 0.29) is 11.5 Å². The van der Waals surface area contributed by atoms with Crippen molar-refractivity contribution in [3.8, 4) is 16.2 Å². The summed E-state index contributed by atoms with van der Waals surface area (Å²) in [6.07, 6.45) is 5.14. The summed E-state index contributed by atoms with van der Waals surface area (Å²) in [6, 6.07) is 18.0. The number of aliphatic imine (C=N–C) groups is 1. The van der Waals surface area contributed by atoms with Crippen LogP contribution in [0.15, 0.2) is 88.4 Å². The highest BCUT2D eigenvalue weighted by atomic mass is 32.1. The molecule has 5 rings (SSSR count). The molecule has 1 aromatic heterocycles. The van der Waals surface area contributed by atoms with Crippen molar-refractivity contribution in [2.24, 2.45) is 4.99 Å². The minimum atomic E-state index is -2.56. The lowest BCUT2D eigenvalue weighted by molar-refractivity contribution is -0.110. The van der Waals surface area contributed by atoms with E-state index in [4.69, 9.17) is 4.99 Å². The minimum absolute atomic E-state index is 0.00937. The average Bonchev–Trinajstić information content (AvgIpc) is 3.24. The summed E-state index contributed by atoms with van der Waals surface area (Å²) in [7, 11) is -2.56. The molecule has 3 nitrogen and oxygen atoms in total. The lowest BCUT2D eigenvalue weighted by Crippen LogP contribution is -2.61. The van der Waals surface area contributed by atoms with Gasteiger partial charge in [-0.1, -0.05) is 42.9 Å². The summed E-state index contributed by atoms with van der Waals surface area (Å²) in [5.41, 5.74) is 2.58. The number of carbonyl (C=O) groups is 1. The molecule has 136 valence electrons. The molecule has 2 aliphatic rings. The summed E-state index contributed by atoms with van der Waals surface area (Å²) < 4.78 is 0. The number of nitrogens with zero attached hydrogens (tertiary/aromatic N) is 1. The second-order valence-electron chi connectivity index (χ2n) is 7.11. The quantitative estimate of drug-likeness (QED) is 0.523. The number of ketones is 1. The van der Waals surface area contributed by atoms with Crippen LogP contribution in [0.3, 0.4) is 0 Å². The van der Waals surface area contributed by atoms with Crippen molar-refractivity contribution in [2.75, 3.05) is 0 Å². The van der Waals surface area contributed by atoms with Crippen molar-refractivity contribution < 1.29 is 9.90 Å². The molecule has 1 N–H and O–H groups in total. The monoisotopic (exact) mass is 399 g/mol. The van der Waals surface area contributed by atoms with Crippen LogP contribution >= 0.6 is 11.3 Å². The summed E-state index contributed by atoms with van der Waals surface area (Å²) in [5.74, 6) is 0.248. The van der Waals surface area contributed by atoms with E-state index in [9.17, 15) is 9.90 Å². The lowest BCUT2D eigenvalue weighted by Gasteiger charge is -2.38. The van der Waals surface area contributed by atoms with Gasteiger partial charge in [-0.15, -0.1) is 11.3 Å². The van der Waals surface area contributed by atoms with Gasteiger partial charge in [0, 0.05) is 10.4 Å². The maximum Gasteiger partial charge on any atom is 0.178 e. The number of hydrogen-bond acceptors (Lipinski definition) is 4.